The van der Waals surface area contributed by atoms with Crippen molar-refractivity contribution in [2.75, 3.05) is 0 Å². The van der Waals surface area contributed by atoms with Crippen molar-refractivity contribution in [1.82, 2.24) is 0 Å². The Morgan fingerprint density at radius 2 is 1.16 bits per heavy atom. The molecule has 176 valence electrons. The van der Waals surface area contributed by atoms with Gasteiger partial charge in [-0.25, -0.2) is 0 Å². The second kappa shape index (κ2) is 16.3. The van der Waals surface area contributed by atoms with Crippen LogP contribution in [0.15, 0.2) is 30.3 Å². The summed E-state index contributed by atoms with van der Waals surface area (Å²) < 4.78 is 5.09. The van der Waals surface area contributed by atoms with E-state index < -0.39 is 6.10 Å². The number of rotatable bonds is 18. The SMILES string of the molecule is C[C@H]1OC(=O)[C@H](CCCCCCCCCCCCCCCCCc2ccccc2)[C@H]1O. The molecule has 1 aliphatic rings. The molecule has 0 saturated carbocycles. The van der Waals surface area contributed by atoms with Gasteiger partial charge in [-0.2, -0.15) is 0 Å². The summed E-state index contributed by atoms with van der Waals surface area (Å²) in [5, 5.41) is 9.95. The van der Waals surface area contributed by atoms with E-state index in [0.717, 1.165) is 19.3 Å². The zero-order valence-electron chi connectivity index (χ0n) is 19.9. The second-order valence-corrected chi connectivity index (χ2v) is 9.57. The highest BCUT2D eigenvalue weighted by Gasteiger charge is 2.40. The highest BCUT2D eigenvalue weighted by molar-refractivity contribution is 5.75. The van der Waals surface area contributed by atoms with Gasteiger partial charge in [0.1, 0.15) is 12.2 Å². The molecule has 3 nitrogen and oxygen atoms in total. The van der Waals surface area contributed by atoms with Crippen LogP contribution in [-0.4, -0.2) is 23.3 Å². The molecule has 1 N–H and O–H groups in total. The van der Waals surface area contributed by atoms with Crippen molar-refractivity contribution in [1.29, 1.82) is 0 Å². The van der Waals surface area contributed by atoms with Crippen LogP contribution < -0.4 is 0 Å². The van der Waals surface area contributed by atoms with Gasteiger partial charge in [0.15, 0.2) is 0 Å². The molecule has 2 rings (SSSR count). The first-order valence-corrected chi connectivity index (χ1v) is 13.1. The van der Waals surface area contributed by atoms with Crippen molar-refractivity contribution >= 4 is 5.97 Å². The largest absolute Gasteiger partial charge is 0.460 e. The Labute approximate surface area is 191 Å². The lowest BCUT2D eigenvalue weighted by Crippen LogP contribution is -2.24. The summed E-state index contributed by atoms with van der Waals surface area (Å²) in [4.78, 5) is 11.7. The van der Waals surface area contributed by atoms with Crippen LogP contribution in [0.2, 0.25) is 0 Å². The number of aryl methyl sites for hydroxylation is 1. The van der Waals surface area contributed by atoms with Gasteiger partial charge in [0, 0.05) is 0 Å². The number of hydrogen-bond donors (Lipinski definition) is 1. The molecule has 0 spiro atoms. The summed E-state index contributed by atoms with van der Waals surface area (Å²) in [6, 6.07) is 10.9. The van der Waals surface area contributed by atoms with Crippen molar-refractivity contribution in [2.24, 2.45) is 5.92 Å². The summed E-state index contributed by atoms with van der Waals surface area (Å²) in [7, 11) is 0. The average molecular weight is 431 g/mol. The van der Waals surface area contributed by atoms with Crippen LogP contribution in [0, 0.1) is 5.92 Å². The zero-order valence-corrected chi connectivity index (χ0v) is 19.9. The van der Waals surface area contributed by atoms with Gasteiger partial charge in [-0.1, -0.05) is 120 Å². The average Bonchev–Trinajstić information content (AvgIpc) is 3.02. The molecule has 1 aliphatic heterocycles. The lowest BCUT2D eigenvalue weighted by molar-refractivity contribution is -0.143. The van der Waals surface area contributed by atoms with Crippen LogP contribution in [0.1, 0.15) is 115 Å². The first-order valence-electron chi connectivity index (χ1n) is 13.1. The van der Waals surface area contributed by atoms with Gasteiger partial charge in [0.25, 0.3) is 0 Å². The van der Waals surface area contributed by atoms with Crippen LogP contribution >= 0.6 is 0 Å². The molecule has 0 aromatic heterocycles. The molecular weight excluding hydrogens is 384 g/mol. The van der Waals surface area contributed by atoms with Gasteiger partial charge in [0.2, 0.25) is 0 Å². The van der Waals surface area contributed by atoms with Gasteiger partial charge in [-0.15, -0.1) is 0 Å². The summed E-state index contributed by atoms with van der Waals surface area (Å²) in [5.74, 6) is -0.493. The lowest BCUT2D eigenvalue weighted by Gasteiger charge is -2.11. The summed E-state index contributed by atoms with van der Waals surface area (Å²) in [5.41, 5.74) is 1.48. The van der Waals surface area contributed by atoms with E-state index in [1.807, 2.05) is 0 Å². The number of benzene rings is 1. The third-order valence-electron chi connectivity index (χ3n) is 6.82. The quantitative estimate of drug-likeness (QED) is 0.195. The van der Waals surface area contributed by atoms with Gasteiger partial charge in [-0.05, 0) is 31.7 Å². The second-order valence-electron chi connectivity index (χ2n) is 9.57. The van der Waals surface area contributed by atoms with Crippen LogP contribution in [0.25, 0.3) is 0 Å². The molecule has 0 amide bonds. The van der Waals surface area contributed by atoms with E-state index in [4.69, 9.17) is 4.74 Å². The normalized spacial score (nSPS) is 20.8. The number of cyclic esters (lactones) is 1. The van der Waals surface area contributed by atoms with Crippen LogP contribution in [0.5, 0.6) is 0 Å². The maximum atomic E-state index is 11.7. The van der Waals surface area contributed by atoms with E-state index in [-0.39, 0.29) is 18.0 Å². The number of carbonyl (C=O) groups excluding carboxylic acids is 1. The van der Waals surface area contributed by atoms with E-state index in [1.54, 1.807) is 6.92 Å². The minimum Gasteiger partial charge on any atom is -0.460 e. The summed E-state index contributed by atoms with van der Waals surface area (Å²) in [6.45, 7) is 1.77. The molecule has 0 unspecified atom stereocenters. The number of carbonyl (C=O) groups is 1. The fourth-order valence-corrected chi connectivity index (χ4v) is 4.73. The number of ether oxygens (including phenoxy) is 1. The predicted molar refractivity (Wildman–Crippen MR) is 129 cm³/mol. The fraction of sp³-hybridized carbons (Fsp3) is 0.750. The Morgan fingerprint density at radius 1 is 0.710 bits per heavy atom. The Bertz CT molecular complexity index is 571. The van der Waals surface area contributed by atoms with Crippen LogP contribution in [0.4, 0.5) is 0 Å². The minimum absolute atomic E-state index is 0.206. The molecule has 3 atom stereocenters. The number of aliphatic hydroxyl groups excluding tert-OH is 1. The molecule has 1 heterocycles. The fourth-order valence-electron chi connectivity index (χ4n) is 4.73. The highest BCUT2D eigenvalue weighted by atomic mass is 16.6. The monoisotopic (exact) mass is 430 g/mol. The Kier molecular flexibility index (Phi) is 13.6. The Morgan fingerprint density at radius 3 is 1.61 bits per heavy atom. The van der Waals surface area contributed by atoms with Crippen molar-refractivity contribution < 1.29 is 14.6 Å². The highest BCUT2D eigenvalue weighted by Crippen LogP contribution is 2.26. The van der Waals surface area contributed by atoms with Crippen molar-refractivity contribution in [3.63, 3.8) is 0 Å². The molecule has 1 aromatic carbocycles. The van der Waals surface area contributed by atoms with E-state index in [9.17, 15) is 9.90 Å². The van der Waals surface area contributed by atoms with Crippen molar-refractivity contribution in [3.05, 3.63) is 35.9 Å². The van der Waals surface area contributed by atoms with Gasteiger partial charge in [0.05, 0.1) is 5.92 Å². The van der Waals surface area contributed by atoms with Crippen molar-refractivity contribution in [3.8, 4) is 0 Å². The topological polar surface area (TPSA) is 46.5 Å². The molecular formula is C28H46O3. The first-order chi connectivity index (χ1) is 15.2. The number of hydrogen-bond acceptors (Lipinski definition) is 3. The number of unbranched alkanes of at least 4 members (excludes halogenated alkanes) is 14. The molecule has 0 aliphatic carbocycles. The summed E-state index contributed by atoms with van der Waals surface area (Å²) in [6.07, 6.45) is 21.0. The van der Waals surface area contributed by atoms with Crippen LogP contribution in [0.3, 0.4) is 0 Å². The van der Waals surface area contributed by atoms with Crippen LogP contribution in [-0.2, 0) is 16.0 Å². The first kappa shape index (κ1) is 25.9. The van der Waals surface area contributed by atoms with Gasteiger partial charge < -0.3 is 9.84 Å². The molecule has 1 saturated heterocycles. The molecule has 31 heavy (non-hydrogen) atoms. The number of esters is 1. The molecule has 0 radical (unpaired) electrons. The summed E-state index contributed by atoms with van der Waals surface area (Å²) >= 11 is 0. The predicted octanol–water partition coefficient (Wildman–Crippen LogP) is 7.39. The van der Waals surface area contributed by atoms with Crippen molar-refractivity contribution in [2.45, 2.75) is 128 Å². The molecule has 1 aromatic rings. The maximum Gasteiger partial charge on any atom is 0.312 e. The molecule has 1 fully saturated rings. The Hall–Kier alpha value is -1.35. The van der Waals surface area contributed by atoms with Gasteiger partial charge in [-0.3, -0.25) is 4.79 Å². The third-order valence-corrected chi connectivity index (χ3v) is 6.82. The number of aliphatic hydroxyl groups is 1. The third kappa shape index (κ3) is 11.2. The van der Waals surface area contributed by atoms with E-state index in [1.165, 1.54) is 95.5 Å². The lowest BCUT2D eigenvalue weighted by atomic mass is 9.95. The smallest absolute Gasteiger partial charge is 0.312 e. The standard InChI is InChI=1S/C28H46O3/c1-24-27(29)26(28(30)31-24)23-19-14-12-10-8-6-4-2-3-5-7-9-11-13-16-20-25-21-17-15-18-22-25/h15,17-18,21-22,24,26-27,29H,2-14,16,19-20,23H2,1H3/t24-,26-,27+/m1/s1. The minimum atomic E-state index is -0.605. The van der Waals surface area contributed by atoms with E-state index in [2.05, 4.69) is 30.3 Å². The van der Waals surface area contributed by atoms with Gasteiger partial charge >= 0.3 is 5.97 Å². The zero-order chi connectivity index (χ0) is 22.2. The molecule has 3 heteroatoms. The maximum absolute atomic E-state index is 11.7. The van der Waals surface area contributed by atoms with E-state index >= 15 is 0 Å². The van der Waals surface area contributed by atoms with E-state index in [0.29, 0.717) is 0 Å². The molecule has 0 bridgehead atoms. The Balaban J connectivity index is 1.26.